The van der Waals surface area contributed by atoms with Crippen molar-refractivity contribution < 1.29 is 23.4 Å². The Morgan fingerprint density at radius 2 is 1.80 bits per heavy atom. The number of β-amino-alcohol motifs (C(OH)–C–C–N with tert-alkyl or cyclic N) is 1. The molecule has 3 N–H and O–H groups in total. The second-order valence-corrected chi connectivity index (χ2v) is 5.31. The summed E-state index contributed by atoms with van der Waals surface area (Å²) in [5, 5.41) is 22.3. The lowest BCUT2D eigenvalue weighted by atomic mass is 9.77. The number of nitrogens with one attached hydrogen (secondary N) is 1. The smallest absolute Gasteiger partial charge is 0.394 e. The Kier molecular flexibility index (Phi) is 4.36. The lowest BCUT2D eigenvalue weighted by Crippen LogP contribution is -2.54. The van der Waals surface area contributed by atoms with Crippen LogP contribution in [0.25, 0.3) is 0 Å². The molecule has 0 aliphatic heterocycles. The molecule has 1 atom stereocenters. The van der Waals surface area contributed by atoms with Crippen molar-refractivity contribution in [3.63, 3.8) is 0 Å². The van der Waals surface area contributed by atoms with Crippen molar-refractivity contribution in [1.82, 2.24) is 5.32 Å². The first-order chi connectivity index (χ1) is 9.36. The number of halogens is 3. The molecule has 20 heavy (non-hydrogen) atoms. The van der Waals surface area contributed by atoms with Crippen LogP contribution in [0.15, 0.2) is 24.3 Å². The Bertz CT molecular complexity index is 435. The van der Waals surface area contributed by atoms with Crippen LogP contribution in [0.5, 0.6) is 0 Å². The van der Waals surface area contributed by atoms with Crippen molar-refractivity contribution in [3.8, 4) is 0 Å². The largest absolute Gasteiger partial charge is 0.416 e. The Morgan fingerprint density at radius 1 is 1.20 bits per heavy atom. The number of aliphatic hydroxyl groups excluding tert-OH is 2. The summed E-state index contributed by atoms with van der Waals surface area (Å²) in [6.07, 6.45) is -2.52. The second kappa shape index (κ2) is 5.71. The van der Waals surface area contributed by atoms with Crippen LogP contribution in [0.4, 0.5) is 13.2 Å². The summed E-state index contributed by atoms with van der Waals surface area (Å²) in [6, 6.07) is 4.48. The van der Waals surface area contributed by atoms with Gasteiger partial charge in [-0.2, -0.15) is 13.2 Å². The molecule has 0 spiro atoms. The number of hydrogen-bond acceptors (Lipinski definition) is 3. The molecule has 0 bridgehead atoms. The van der Waals surface area contributed by atoms with E-state index in [9.17, 15) is 23.4 Å². The minimum Gasteiger partial charge on any atom is -0.394 e. The summed E-state index contributed by atoms with van der Waals surface area (Å²) in [4.78, 5) is 0. The summed E-state index contributed by atoms with van der Waals surface area (Å²) in [6.45, 7) is 0.221. The number of benzene rings is 1. The highest BCUT2D eigenvalue weighted by Crippen LogP contribution is 2.32. The third-order valence-electron chi connectivity index (χ3n) is 3.91. The topological polar surface area (TPSA) is 52.5 Å². The van der Waals surface area contributed by atoms with Gasteiger partial charge in [-0.25, -0.2) is 0 Å². The van der Waals surface area contributed by atoms with Gasteiger partial charge in [0.1, 0.15) is 0 Å². The average molecular weight is 289 g/mol. The first kappa shape index (κ1) is 15.3. The van der Waals surface area contributed by atoms with Crippen LogP contribution >= 0.6 is 0 Å². The molecule has 0 aromatic heterocycles. The van der Waals surface area contributed by atoms with Crippen molar-refractivity contribution in [2.45, 2.75) is 37.1 Å². The van der Waals surface area contributed by atoms with E-state index in [2.05, 4.69) is 5.32 Å². The van der Waals surface area contributed by atoms with Crippen LogP contribution < -0.4 is 5.32 Å². The molecule has 1 saturated carbocycles. The Labute approximate surface area is 115 Å². The summed E-state index contributed by atoms with van der Waals surface area (Å²) >= 11 is 0. The van der Waals surface area contributed by atoms with Gasteiger partial charge in [-0.3, -0.25) is 0 Å². The molecule has 1 unspecified atom stereocenters. The minimum atomic E-state index is -4.37. The van der Waals surface area contributed by atoms with Crippen LogP contribution in [-0.2, 0) is 6.18 Å². The monoisotopic (exact) mass is 289 g/mol. The van der Waals surface area contributed by atoms with E-state index in [1.165, 1.54) is 12.1 Å². The van der Waals surface area contributed by atoms with Crippen molar-refractivity contribution in [2.24, 2.45) is 0 Å². The fraction of sp³-hybridized carbons (Fsp3) is 0.571. The first-order valence-electron chi connectivity index (χ1n) is 6.57. The van der Waals surface area contributed by atoms with Gasteiger partial charge in [0.25, 0.3) is 0 Å². The van der Waals surface area contributed by atoms with Crippen LogP contribution in [0.2, 0.25) is 0 Å². The zero-order valence-corrected chi connectivity index (χ0v) is 11.0. The number of hydrogen-bond donors (Lipinski definition) is 3. The molecule has 2 rings (SSSR count). The van der Waals surface area contributed by atoms with E-state index in [-0.39, 0.29) is 18.7 Å². The van der Waals surface area contributed by atoms with E-state index in [0.29, 0.717) is 5.56 Å². The molecule has 6 heteroatoms. The number of alkyl halides is 3. The molecular weight excluding hydrogens is 271 g/mol. The highest BCUT2D eigenvalue weighted by Gasteiger charge is 2.36. The molecule has 3 nitrogen and oxygen atoms in total. The van der Waals surface area contributed by atoms with Gasteiger partial charge in [0, 0.05) is 12.1 Å². The van der Waals surface area contributed by atoms with E-state index in [1.54, 1.807) is 0 Å². The molecule has 0 radical (unpaired) electrons. The van der Waals surface area contributed by atoms with Gasteiger partial charge in [0.2, 0.25) is 0 Å². The Balaban J connectivity index is 1.94. The summed E-state index contributed by atoms with van der Waals surface area (Å²) in [7, 11) is 0. The lowest BCUT2D eigenvalue weighted by molar-refractivity contribution is -0.137. The van der Waals surface area contributed by atoms with E-state index >= 15 is 0 Å². The van der Waals surface area contributed by atoms with E-state index in [0.717, 1.165) is 31.4 Å². The van der Waals surface area contributed by atoms with Crippen LogP contribution in [0, 0.1) is 0 Å². The maximum Gasteiger partial charge on any atom is 0.416 e. The summed E-state index contributed by atoms with van der Waals surface area (Å²) in [5.74, 6) is 0. The molecule has 0 saturated heterocycles. The SMILES string of the molecule is OCC1(NCC(O)c2ccc(C(F)(F)F)cc2)CCC1. The van der Waals surface area contributed by atoms with Crippen molar-refractivity contribution in [3.05, 3.63) is 35.4 Å². The molecule has 112 valence electrons. The fourth-order valence-electron chi connectivity index (χ4n) is 2.32. The standard InChI is InChI=1S/C14H18F3NO2/c15-14(16,17)11-4-2-10(3-5-11)12(20)8-18-13(9-19)6-1-7-13/h2-5,12,18-20H,1,6-9H2. The minimum absolute atomic E-state index is 0.00668. The van der Waals surface area contributed by atoms with Gasteiger partial charge in [-0.05, 0) is 37.0 Å². The van der Waals surface area contributed by atoms with Crippen molar-refractivity contribution >= 4 is 0 Å². The van der Waals surface area contributed by atoms with Crippen LogP contribution in [0.3, 0.4) is 0 Å². The predicted molar refractivity (Wildman–Crippen MR) is 68.1 cm³/mol. The van der Waals surface area contributed by atoms with Gasteiger partial charge in [-0.15, -0.1) is 0 Å². The molecule has 1 aliphatic carbocycles. The Hall–Kier alpha value is -1.11. The van der Waals surface area contributed by atoms with Gasteiger partial charge in [-0.1, -0.05) is 12.1 Å². The molecule has 1 aromatic rings. The zero-order valence-electron chi connectivity index (χ0n) is 11.0. The third-order valence-corrected chi connectivity index (χ3v) is 3.91. The average Bonchev–Trinajstić information content (AvgIpc) is 2.37. The maximum atomic E-state index is 12.4. The molecule has 1 aromatic carbocycles. The van der Waals surface area contributed by atoms with Gasteiger partial charge in [0.15, 0.2) is 0 Å². The normalized spacial score (nSPS) is 19.4. The molecule has 0 amide bonds. The summed E-state index contributed by atoms with van der Waals surface area (Å²) in [5.41, 5.74) is -0.627. The van der Waals surface area contributed by atoms with E-state index in [4.69, 9.17) is 0 Å². The third kappa shape index (κ3) is 3.31. The van der Waals surface area contributed by atoms with Gasteiger partial charge in [0.05, 0.1) is 18.3 Å². The van der Waals surface area contributed by atoms with E-state index < -0.39 is 17.8 Å². The zero-order chi connectivity index (χ0) is 14.8. The first-order valence-corrected chi connectivity index (χ1v) is 6.57. The quantitative estimate of drug-likeness (QED) is 0.779. The molecule has 0 heterocycles. The van der Waals surface area contributed by atoms with Crippen LogP contribution in [-0.4, -0.2) is 28.9 Å². The van der Waals surface area contributed by atoms with E-state index in [1.807, 2.05) is 0 Å². The second-order valence-electron chi connectivity index (χ2n) is 5.31. The lowest BCUT2D eigenvalue weighted by Gasteiger charge is -2.41. The maximum absolute atomic E-state index is 12.4. The highest BCUT2D eigenvalue weighted by molar-refractivity contribution is 5.26. The molecule has 1 aliphatic rings. The Morgan fingerprint density at radius 3 is 2.20 bits per heavy atom. The number of rotatable bonds is 5. The molecule has 1 fully saturated rings. The van der Waals surface area contributed by atoms with Crippen molar-refractivity contribution in [2.75, 3.05) is 13.2 Å². The predicted octanol–water partition coefficient (Wildman–Crippen LogP) is 2.24. The highest BCUT2D eigenvalue weighted by atomic mass is 19.4. The van der Waals surface area contributed by atoms with Crippen LogP contribution in [0.1, 0.15) is 36.5 Å². The molecular formula is C14H18F3NO2. The van der Waals surface area contributed by atoms with Crippen molar-refractivity contribution in [1.29, 1.82) is 0 Å². The fourth-order valence-corrected chi connectivity index (χ4v) is 2.32. The number of aliphatic hydroxyl groups is 2. The van der Waals surface area contributed by atoms with Gasteiger partial charge < -0.3 is 15.5 Å². The van der Waals surface area contributed by atoms with Gasteiger partial charge >= 0.3 is 6.18 Å². The summed E-state index contributed by atoms with van der Waals surface area (Å²) < 4.78 is 37.3.